The van der Waals surface area contributed by atoms with Gasteiger partial charge < -0.3 is 11.1 Å². The number of aromatic nitrogens is 4. The van der Waals surface area contributed by atoms with E-state index in [4.69, 9.17) is 18.0 Å². The fourth-order valence-corrected chi connectivity index (χ4v) is 1.48. The number of carbonyl (C=O) groups is 1. The lowest BCUT2D eigenvalue weighted by Gasteiger charge is -2.03. The summed E-state index contributed by atoms with van der Waals surface area (Å²) in [7, 11) is 0. The smallest absolute Gasteiger partial charge is 0.260 e. The molecular weight excluding hydrogens is 240 g/mol. The zero-order valence-electron chi connectivity index (χ0n) is 8.94. The summed E-state index contributed by atoms with van der Waals surface area (Å²) in [6, 6.07) is 0. The Labute approximate surface area is 102 Å². The zero-order chi connectivity index (χ0) is 12.4. The molecule has 8 heteroatoms. The van der Waals surface area contributed by atoms with Crippen LogP contribution < -0.4 is 11.1 Å². The number of aromatic amines is 2. The molecule has 0 spiro atoms. The van der Waals surface area contributed by atoms with Gasteiger partial charge in [0.1, 0.15) is 10.8 Å². The number of amides is 1. The first-order chi connectivity index (χ1) is 8.09. The van der Waals surface area contributed by atoms with Crippen LogP contribution in [0.5, 0.6) is 0 Å². The van der Waals surface area contributed by atoms with Crippen LogP contribution in [0.4, 0.5) is 5.82 Å². The summed E-state index contributed by atoms with van der Waals surface area (Å²) in [5.74, 6) is 0.0705. The highest BCUT2D eigenvalue weighted by Crippen LogP contribution is 2.13. The molecule has 5 N–H and O–H groups in total. The molecule has 0 radical (unpaired) electrons. The fraction of sp³-hybridized carbons (Fsp3) is 0.111. The van der Waals surface area contributed by atoms with Crippen LogP contribution >= 0.6 is 12.2 Å². The Balaban J connectivity index is 2.22. The number of thiocarbonyl (C=S) groups is 1. The Kier molecular flexibility index (Phi) is 2.88. The zero-order valence-corrected chi connectivity index (χ0v) is 9.76. The SMILES string of the molecule is Cc1[nH]ncc1C(=O)Nc1[nH]ncc1C(N)=S. The summed E-state index contributed by atoms with van der Waals surface area (Å²) in [5.41, 5.74) is 7.11. The van der Waals surface area contributed by atoms with E-state index >= 15 is 0 Å². The van der Waals surface area contributed by atoms with Crippen LogP contribution in [0.15, 0.2) is 12.4 Å². The number of aryl methyl sites for hydroxylation is 1. The number of H-pyrrole nitrogens is 2. The van der Waals surface area contributed by atoms with Gasteiger partial charge in [-0.25, -0.2) is 0 Å². The van der Waals surface area contributed by atoms with Crippen LogP contribution in [0.25, 0.3) is 0 Å². The molecule has 0 saturated heterocycles. The van der Waals surface area contributed by atoms with Crippen LogP contribution in [0.2, 0.25) is 0 Å². The van der Waals surface area contributed by atoms with Crippen molar-refractivity contribution in [2.45, 2.75) is 6.92 Å². The maximum atomic E-state index is 11.9. The van der Waals surface area contributed by atoms with Gasteiger partial charge in [0.2, 0.25) is 0 Å². The first-order valence-corrected chi connectivity index (χ1v) is 5.15. The van der Waals surface area contributed by atoms with Crippen LogP contribution in [-0.2, 0) is 0 Å². The van der Waals surface area contributed by atoms with Crippen molar-refractivity contribution in [3.05, 3.63) is 29.2 Å². The predicted molar refractivity (Wildman–Crippen MR) is 65.8 cm³/mol. The highest BCUT2D eigenvalue weighted by molar-refractivity contribution is 7.80. The molecule has 0 bridgehead atoms. The standard InChI is InChI=1S/C9H10N6OS/c1-4-5(2-11-14-4)9(16)13-8-6(7(10)17)3-12-15-8/h2-3H,1H3,(H2,10,17)(H,11,14)(H2,12,13,15,16). The summed E-state index contributed by atoms with van der Waals surface area (Å²) in [6.45, 7) is 1.75. The fourth-order valence-electron chi connectivity index (χ4n) is 1.33. The van der Waals surface area contributed by atoms with Gasteiger partial charge in [-0.05, 0) is 6.92 Å². The summed E-state index contributed by atoms with van der Waals surface area (Å²) in [6.07, 6.45) is 2.90. The minimum absolute atomic E-state index is 0.165. The van der Waals surface area contributed by atoms with E-state index in [1.54, 1.807) is 6.92 Å². The van der Waals surface area contributed by atoms with Crippen molar-refractivity contribution in [2.75, 3.05) is 5.32 Å². The number of nitrogens with one attached hydrogen (secondary N) is 3. The second-order valence-electron chi connectivity index (χ2n) is 3.39. The Morgan fingerprint density at radius 1 is 1.35 bits per heavy atom. The second-order valence-corrected chi connectivity index (χ2v) is 3.83. The Hall–Kier alpha value is -2.22. The lowest BCUT2D eigenvalue weighted by molar-refractivity contribution is 0.102. The summed E-state index contributed by atoms with van der Waals surface area (Å²) in [4.78, 5) is 12.0. The van der Waals surface area contributed by atoms with Gasteiger partial charge in [0.15, 0.2) is 0 Å². The number of rotatable bonds is 3. The number of nitrogens with two attached hydrogens (primary N) is 1. The van der Waals surface area contributed by atoms with Crippen molar-refractivity contribution in [3.8, 4) is 0 Å². The minimum atomic E-state index is -0.307. The first-order valence-electron chi connectivity index (χ1n) is 4.74. The van der Waals surface area contributed by atoms with Gasteiger partial charge in [-0.1, -0.05) is 12.2 Å². The van der Waals surface area contributed by atoms with Gasteiger partial charge in [0.25, 0.3) is 5.91 Å². The van der Waals surface area contributed by atoms with E-state index in [-0.39, 0.29) is 10.9 Å². The number of hydrogen-bond acceptors (Lipinski definition) is 4. The van der Waals surface area contributed by atoms with E-state index < -0.39 is 0 Å². The molecule has 0 aliphatic rings. The van der Waals surface area contributed by atoms with Gasteiger partial charge in [-0.15, -0.1) is 0 Å². The average Bonchev–Trinajstić information content (AvgIpc) is 2.86. The predicted octanol–water partition coefficient (Wildman–Crippen LogP) is 0.328. The Morgan fingerprint density at radius 2 is 2.00 bits per heavy atom. The molecule has 17 heavy (non-hydrogen) atoms. The van der Waals surface area contributed by atoms with E-state index in [9.17, 15) is 4.79 Å². The molecule has 0 unspecified atom stereocenters. The lowest BCUT2D eigenvalue weighted by atomic mass is 10.2. The molecule has 0 aromatic carbocycles. The van der Waals surface area contributed by atoms with Crippen molar-refractivity contribution in [1.29, 1.82) is 0 Å². The molecular formula is C9H10N6OS. The van der Waals surface area contributed by atoms with E-state index in [0.717, 1.165) is 0 Å². The van der Waals surface area contributed by atoms with Crippen LogP contribution in [0, 0.1) is 6.92 Å². The van der Waals surface area contributed by atoms with E-state index in [0.29, 0.717) is 22.6 Å². The maximum Gasteiger partial charge on any atom is 0.260 e. The third kappa shape index (κ3) is 2.16. The van der Waals surface area contributed by atoms with Gasteiger partial charge in [-0.2, -0.15) is 10.2 Å². The highest BCUT2D eigenvalue weighted by Gasteiger charge is 2.15. The highest BCUT2D eigenvalue weighted by atomic mass is 32.1. The third-order valence-corrected chi connectivity index (χ3v) is 2.44. The van der Waals surface area contributed by atoms with Crippen molar-refractivity contribution in [1.82, 2.24) is 20.4 Å². The molecule has 0 fully saturated rings. The summed E-state index contributed by atoms with van der Waals surface area (Å²) < 4.78 is 0. The number of anilines is 1. The summed E-state index contributed by atoms with van der Waals surface area (Å²) in [5, 5.41) is 15.5. The Morgan fingerprint density at radius 3 is 2.59 bits per heavy atom. The Bertz CT molecular complexity index is 572. The van der Waals surface area contributed by atoms with Crippen LogP contribution in [0.1, 0.15) is 21.6 Å². The van der Waals surface area contributed by atoms with E-state index in [1.165, 1.54) is 12.4 Å². The maximum absolute atomic E-state index is 11.9. The topological polar surface area (TPSA) is 112 Å². The van der Waals surface area contributed by atoms with Crippen LogP contribution in [0.3, 0.4) is 0 Å². The molecule has 0 aliphatic heterocycles. The average molecular weight is 250 g/mol. The van der Waals surface area contributed by atoms with Crippen molar-refractivity contribution >= 4 is 28.9 Å². The molecule has 88 valence electrons. The monoisotopic (exact) mass is 250 g/mol. The van der Waals surface area contributed by atoms with Gasteiger partial charge in [0.05, 0.1) is 23.5 Å². The molecule has 2 aromatic heterocycles. The molecule has 2 heterocycles. The lowest BCUT2D eigenvalue weighted by Crippen LogP contribution is -2.17. The molecule has 0 saturated carbocycles. The number of hydrogen-bond donors (Lipinski definition) is 4. The minimum Gasteiger partial charge on any atom is -0.389 e. The first kappa shape index (κ1) is 11.3. The van der Waals surface area contributed by atoms with Crippen molar-refractivity contribution in [2.24, 2.45) is 5.73 Å². The quantitative estimate of drug-likeness (QED) is 0.586. The molecule has 1 amide bonds. The number of carbonyl (C=O) groups excluding carboxylic acids is 1. The molecule has 0 atom stereocenters. The van der Waals surface area contributed by atoms with Crippen LogP contribution in [-0.4, -0.2) is 31.3 Å². The molecule has 2 rings (SSSR count). The van der Waals surface area contributed by atoms with Crippen molar-refractivity contribution in [3.63, 3.8) is 0 Å². The number of nitrogens with zero attached hydrogens (tertiary/aromatic N) is 2. The van der Waals surface area contributed by atoms with Gasteiger partial charge >= 0.3 is 0 Å². The second kappa shape index (κ2) is 4.34. The van der Waals surface area contributed by atoms with Gasteiger partial charge in [-0.3, -0.25) is 15.0 Å². The largest absolute Gasteiger partial charge is 0.389 e. The summed E-state index contributed by atoms with van der Waals surface area (Å²) >= 11 is 4.83. The third-order valence-electron chi connectivity index (χ3n) is 2.22. The molecule has 2 aromatic rings. The van der Waals surface area contributed by atoms with E-state index in [2.05, 4.69) is 25.7 Å². The molecule has 7 nitrogen and oxygen atoms in total. The van der Waals surface area contributed by atoms with E-state index in [1.807, 2.05) is 0 Å². The van der Waals surface area contributed by atoms with Crippen molar-refractivity contribution < 1.29 is 4.79 Å². The van der Waals surface area contributed by atoms with Gasteiger partial charge in [0, 0.05) is 5.69 Å². The molecule has 0 aliphatic carbocycles. The normalized spacial score (nSPS) is 10.2.